The Morgan fingerprint density at radius 3 is 3.00 bits per heavy atom. The van der Waals surface area contributed by atoms with Gasteiger partial charge < -0.3 is 4.74 Å². The molecule has 1 N–H and O–H groups in total. The number of benzene rings is 1. The van der Waals surface area contributed by atoms with E-state index in [0.29, 0.717) is 18.1 Å². The first-order valence-electron chi connectivity index (χ1n) is 5.83. The van der Waals surface area contributed by atoms with E-state index in [0.717, 1.165) is 22.9 Å². The van der Waals surface area contributed by atoms with E-state index >= 15 is 0 Å². The number of aldehydes is 1. The molecule has 0 amide bonds. The number of carbonyl (C=O) groups excluding carboxylic acids is 1. The van der Waals surface area contributed by atoms with Crippen LogP contribution in [0.1, 0.15) is 16.2 Å². The summed E-state index contributed by atoms with van der Waals surface area (Å²) in [7, 11) is 0. The Morgan fingerprint density at radius 2 is 2.21 bits per heavy atom. The van der Waals surface area contributed by atoms with Gasteiger partial charge in [0.25, 0.3) is 0 Å². The summed E-state index contributed by atoms with van der Waals surface area (Å²) >= 11 is 0. The van der Waals surface area contributed by atoms with Crippen LogP contribution >= 0.6 is 0 Å². The molecular formula is C14H11N3O2. The first-order valence-corrected chi connectivity index (χ1v) is 5.83. The third-order valence-corrected chi connectivity index (χ3v) is 2.79. The van der Waals surface area contributed by atoms with Crippen molar-refractivity contribution in [2.24, 2.45) is 0 Å². The molecule has 0 bridgehead atoms. The second-order valence-corrected chi connectivity index (χ2v) is 4.04. The lowest BCUT2D eigenvalue weighted by Gasteiger charge is -2.05. The van der Waals surface area contributed by atoms with E-state index in [2.05, 4.69) is 15.2 Å². The van der Waals surface area contributed by atoms with Gasteiger partial charge in [0.2, 0.25) is 0 Å². The maximum Gasteiger partial charge on any atom is 0.170 e. The zero-order chi connectivity index (χ0) is 13.1. The molecule has 0 aliphatic heterocycles. The van der Waals surface area contributed by atoms with Gasteiger partial charge in [-0.05, 0) is 30.3 Å². The van der Waals surface area contributed by atoms with Crippen molar-refractivity contribution in [1.29, 1.82) is 0 Å². The summed E-state index contributed by atoms with van der Waals surface area (Å²) in [6, 6.07) is 11.1. The molecular weight excluding hydrogens is 242 g/mol. The van der Waals surface area contributed by atoms with Crippen LogP contribution in [0.4, 0.5) is 0 Å². The number of nitrogens with one attached hydrogen (secondary N) is 1. The number of H-pyrrole nitrogens is 1. The summed E-state index contributed by atoms with van der Waals surface area (Å²) in [5.74, 6) is 0.683. The summed E-state index contributed by atoms with van der Waals surface area (Å²) in [6.45, 7) is 0.390. The third kappa shape index (κ3) is 2.30. The zero-order valence-electron chi connectivity index (χ0n) is 10.0. The number of aromatic amines is 1. The van der Waals surface area contributed by atoms with Gasteiger partial charge in [0, 0.05) is 11.6 Å². The van der Waals surface area contributed by atoms with Crippen molar-refractivity contribution in [3.63, 3.8) is 0 Å². The van der Waals surface area contributed by atoms with Gasteiger partial charge in [0.15, 0.2) is 6.29 Å². The second kappa shape index (κ2) is 4.89. The monoisotopic (exact) mass is 253 g/mol. The minimum Gasteiger partial charge on any atom is -0.487 e. The summed E-state index contributed by atoms with van der Waals surface area (Å²) in [6.07, 6.45) is 2.45. The Bertz CT molecular complexity index is 707. The van der Waals surface area contributed by atoms with E-state index in [9.17, 15) is 4.79 Å². The number of ether oxygens (including phenoxy) is 1. The zero-order valence-corrected chi connectivity index (χ0v) is 10.0. The number of carbonyl (C=O) groups is 1. The van der Waals surface area contributed by atoms with Gasteiger partial charge in [0.1, 0.15) is 18.1 Å². The van der Waals surface area contributed by atoms with Gasteiger partial charge in [-0.25, -0.2) is 0 Å². The molecule has 0 aliphatic rings. The highest BCUT2D eigenvalue weighted by atomic mass is 16.5. The number of nitrogens with zero attached hydrogens (tertiary/aromatic N) is 2. The predicted molar refractivity (Wildman–Crippen MR) is 70.1 cm³/mol. The highest BCUT2D eigenvalue weighted by Gasteiger charge is 2.06. The maximum atomic E-state index is 10.8. The maximum absolute atomic E-state index is 10.8. The summed E-state index contributed by atoms with van der Waals surface area (Å²) < 4.78 is 5.65. The van der Waals surface area contributed by atoms with E-state index < -0.39 is 0 Å². The molecule has 0 unspecified atom stereocenters. The van der Waals surface area contributed by atoms with Crippen LogP contribution in [0.3, 0.4) is 0 Å². The Labute approximate surface area is 109 Å². The van der Waals surface area contributed by atoms with Gasteiger partial charge in [-0.1, -0.05) is 6.07 Å². The molecule has 0 spiro atoms. The molecule has 0 saturated heterocycles. The highest BCUT2D eigenvalue weighted by molar-refractivity contribution is 5.95. The Hall–Kier alpha value is -2.69. The molecule has 2 aromatic heterocycles. The lowest BCUT2D eigenvalue weighted by Crippen LogP contribution is -1.97. The van der Waals surface area contributed by atoms with E-state index in [1.54, 1.807) is 12.3 Å². The number of fused-ring (bicyclic) bond motifs is 1. The molecule has 0 saturated carbocycles. The number of aromatic nitrogens is 3. The molecule has 0 atom stereocenters. The fourth-order valence-corrected chi connectivity index (χ4v) is 1.83. The summed E-state index contributed by atoms with van der Waals surface area (Å²) in [5.41, 5.74) is 2.05. The molecule has 0 aliphatic carbocycles. The normalized spacial score (nSPS) is 10.5. The molecule has 5 heteroatoms. The van der Waals surface area contributed by atoms with Crippen LogP contribution in [0.15, 0.2) is 42.6 Å². The van der Waals surface area contributed by atoms with Crippen molar-refractivity contribution >= 4 is 17.2 Å². The predicted octanol–water partition coefficient (Wildman–Crippen LogP) is 2.35. The van der Waals surface area contributed by atoms with Gasteiger partial charge in [-0.2, -0.15) is 5.10 Å². The third-order valence-electron chi connectivity index (χ3n) is 2.79. The van der Waals surface area contributed by atoms with Crippen LogP contribution in [0.2, 0.25) is 0 Å². The lowest BCUT2D eigenvalue weighted by atomic mass is 10.2. The number of hydrogen-bond acceptors (Lipinski definition) is 4. The average Bonchev–Trinajstić information content (AvgIpc) is 2.88. The number of hydrogen-bond donors (Lipinski definition) is 1. The Morgan fingerprint density at radius 1 is 1.26 bits per heavy atom. The van der Waals surface area contributed by atoms with Crippen molar-refractivity contribution in [2.75, 3.05) is 0 Å². The SMILES string of the molecule is O=Cc1n[nH]c2ccc(OCc3ccccn3)cc12. The van der Waals surface area contributed by atoms with E-state index in [1.165, 1.54) is 0 Å². The van der Waals surface area contributed by atoms with Gasteiger partial charge in [-0.3, -0.25) is 14.9 Å². The van der Waals surface area contributed by atoms with Crippen LogP contribution in [0.5, 0.6) is 5.75 Å². The van der Waals surface area contributed by atoms with Crippen LogP contribution in [0, 0.1) is 0 Å². The average molecular weight is 253 g/mol. The van der Waals surface area contributed by atoms with E-state index in [4.69, 9.17) is 4.74 Å². The molecule has 5 nitrogen and oxygen atoms in total. The first kappa shape index (κ1) is 11.4. The molecule has 0 radical (unpaired) electrons. The molecule has 2 heterocycles. The number of rotatable bonds is 4. The van der Waals surface area contributed by atoms with Crippen LogP contribution in [-0.4, -0.2) is 21.5 Å². The molecule has 3 aromatic rings. The van der Waals surface area contributed by atoms with E-state index in [1.807, 2.05) is 30.3 Å². The molecule has 19 heavy (non-hydrogen) atoms. The molecule has 3 rings (SSSR count). The molecule has 94 valence electrons. The van der Waals surface area contributed by atoms with Crippen LogP contribution in [0.25, 0.3) is 10.9 Å². The number of pyridine rings is 1. The van der Waals surface area contributed by atoms with Crippen LogP contribution < -0.4 is 4.74 Å². The molecule has 1 aromatic carbocycles. The van der Waals surface area contributed by atoms with Crippen LogP contribution in [-0.2, 0) is 6.61 Å². The van der Waals surface area contributed by atoms with E-state index in [-0.39, 0.29) is 0 Å². The molecule has 0 fully saturated rings. The minimum absolute atomic E-state index is 0.387. The summed E-state index contributed by atoms with van der Waals surface area (Å²) in [4.78, 5) is 15.0. The van der Waals surface area contributed by atoms with Gasteiger partial charge in [-0.15, -0.1) is 0 Å². The van der Waals surface area contributed by atoms with Gasteiger partial charge >= 0.3 is 0 Å². The largest absolute Gasteiger partial charge is 0.487 e. The second-order valence-electron chi connectivity index (χ2n) is 4.04. The Kier molecular flexibility index (Phi) is 2.94. The fourth-order valence-electron chi connectivity index (χ4n) is 1.83. The van der Waals surface area contributed by atoms with Gasteiger partial charge in [0.05, 0.1) is 11.2 Å². The summed E-state index contributed by atoms with van der Waals surface area (Å²) in [5, 5.41) is 7.46. The standard InChI is InChI=1S/C14H11N3O2/c18-8-14-12-7-11(4-5-13(12)16-17-14)19-9-10-3-1-2-6-15-10/h1-8H,9H2,(H,16,17). The smallest absolute Gasteiger partial charge is 0.170 e. The van der Waals surface area contributed by atoms with Crippen molar-refractivity contribution in [1.82, 2.24) is 15.2 Å². The van der Waals surface area contributed by atoms with Crippen molar-refractivity contribution in [3.05, 3.63) is 54.0 Å². The van der Waals surface area contributed by atoms with Crippen molar-refractivity contribution < 1.29 is 9.53 Å². The quantitative estimate of drug-likeness (QED) is 0.725. The minimum atomic E-state index is 0.387. The lowest BCUT2D eigenvalue weighted by molar-refractivity contribution is 0.112. The topological polar surface area (TPSA) is 67.9 Å². The Balaban J connectivity index is 1.83. The fraction of sp³-hybridized carbons (Fsp3) is 0.0714. The highest BCUT2D eigenvalue weighted by Crippen LogP contribution is 2.21. The first-order chi connectivity index (χ1) is 9.36. The van der Waals surface area contributed by atoms with Crippen molar-refractivity contribution in [3.8, 4) is 5.75 Å². The van der Waals surface area contributed by atoms with Crippen molar-refractivity contribution in [2.45, 2.75) is 6.61 Å².